The van der Waals surface area contributed by atoms with Gasteiger partial charge < -0.3 is 0 Å². The normalized spacial score (nSPS) is 12.1. The zero-order valence-corrected chi connectivity index (χ0v) is 13.8. The molecule has 0 heterocycles. The maximum atomic E-state index is 13.3. The van der Waals surface area contributed by atoms with Crippen LogP contribution < -0.4 is 0 Å². The molecule has 1 rings (SSSR count). The summed E-state index contributed by atoms with van der Waals surface area (Å²) in [5.74, 6) is -0.288. The monoisotopic (exact) mass is 382 g/mol. The predicted molar refractivity (Wildman–Crippen MR) is 80.8 cm³/mol. The van der Waals surface area contributed by atoms with Crippen molar-refractivity contribution in [2.45, 2.75) is 26.8 Å². The molecule has 94 valence electrons. The molecule has 0 amide bonds. The lowest BCUT2D eigenvalue weighted by molar-refractivity contribution is 0.566. The second kappa shape index (κ2) is 6.20. The zero-order chi connectivity index (χ0) is 13.2. The molecule has 0 bridgehead atoms. The molecule has 0 spiro atoms. The van der Waals surface area contributed by atoms with Crippen LogP contribution in [-0.2, 0) is 0 Å². The minimum atomic E-state index is -0.288. The highest BCUT2D eigenvalue weighted by atomic mass is 79.9. The second-order valence-electron chi connectivity index (χ2n) is 3.87. The topological polar surface area (TPSA) is 15.6 Å². The van der Waals surface area contributed by atoms with Crippen molar-refractivity contribution in [3.05, 3.63) is 28.0 Å². The minimum absolute atomic E-state index is 0.209. The number of amidine groups is 1. The number of aryl methyl sites for hydroxylation is 1. The molecule has 0 aromatic heterocycles. The van der Waals surface area contributed by atoms with Crippen LogP contribution in [0.3, 0.4) is 0 Å². The van der Waals surface area contributed by atoms with Crippen LogP contribution in [0.15, 0.2) is 21.6 Å². The van der Waals surface area contributed by atoms with Gasteiger partial charge in [0.15, 0.2) is 4.74 Å². The number of nitrogens with zero attached hydrogens (tertiary/aromatic N) is 2. The number of aliphatic imine (C=N–C) groups is 1. The first kappa shape index (κ1) is 15.0. The number of rotatable bonds is 2. The molecule has 0 aliphatic heterocycles. The molecule has 0 N–H and O–H groups in total. The van der Waals surface area contributed by atoms with Crippen LogP contribution >= 0.6 is 44.7 Å². The molecule has 0 unspecified atom stereocenters. The summed E-state index contributed by atoms with van der Waals surface area (Å²) in [6.07, 6.45) is 0. The quantitative estimate of drug-likeness (QED) is 0.334. The van der Waals surface area contributed by atoms with E-state index in [9.17, 15) is 4.39 Å². The predicted octanol–water partition coefficient (Wildman–Crippen LogP) is 4.83. The van der Waals surface area contributed by atoms with Crippen LogP contribution in [0, 0.1) is 12.7 Å². The van der Waals surface area contributed by atoms with Crippen molar-refractivity contribution in [2.75, 3.05) is 0 Å². The summed E-state index contributed by atoms with van der Waals surface area (Å²) in [5, 5.41) is 0. The largest absolute Gasteiger partial charge is 0.295 e. The summed E-state index contributed by atoms with van der Waals surface area (Å²) in [6.45, 7) is 5.81. The average Bonchev–Trinajstić information content (AvgIpc) is 2.24. The molecule has 1 aromatic rings. The van der Waals surface area contributed by atoms with E-state index in [4.69, 9.17) is 0 Å². The maximum absolute atomic E-state index is 13.3. The number of hydrogen-bond donors (Lipinski definition) is 1. The molecule has 0 aliphatic rings. The van der Waals surface area contributed by atoms with Gasteiger partial charge in [-0.2, -0.15) is 0 Å². The number of thiol groups is 1. The smallest absolute Gasteiger partial charge is 0.183 e. The Labute approximate surface area is 123 Å². The fourth-order valence-corrected chi connectivity index (χ4v) is 2.10. The molecule has 2 nitrogen and oxygen atoms in total. The van der Waals surface area contributed by atoms with Crippen molar-refractivity contribution in [3.63, 3.8) is 0 Å². The summed E-state index contributed by atoms with van der Waals surface area (Å²) in [5.41, 5.74) is 1.47. The fraction of sp³-hybridized carbons (Fsp3) is 0.364. The van der Waals surface area contributed by atoms with Crippen LogP contribution in [0.25, 0.3) is 0 Å². The van der Waals surface area contributed by atoms with Gasteiger partial charge in [0, 0.05) is 6.04 Å². The Kier molecular flexibility index (Phi) is 5.47. The molecular weight excluding hydrogens is 371 g/mol. The van der Waals surface area contributed by atoms with Crippen molar-refractivity contribution >= 4 is 55.1 Å². The van der Waals surface area contributed by atoms with Gasteiger partial charge in [-0.25, -0.2) is 9.38 Å². The van der Waals surface area contributed by atoms with Crippen LogP contribution in [0.4, 0.5) is 10.1 Å². The van der Waals surface area contributed by atoms with Crippen molar-refractivity contribution in [3.8, 4) is 0 Å². The SMILES string of the molecule is Cc1cc(F)c(Br)cc1/N=C(/Br)N(S)C(C)C. The van der Waals surface area contributed by atoms with Gasteiger partial charge in [-0.15, -0.1) is 0 Å². The fourth-order valence-electron chi connectivity index (χ4n) is 1.12. The summed E-state index contributed by atoms with van der Waals surface area (Å²) in [6, 6.07) is 3.30. The first-order chi connectivity index (χ1) is 7.82. The Hall–Kier alpha value is -0.0700. The van der Waals surface area contributed by atoms with Crippen LogP contribution in [0.5, 0.6) is 0 Å². The van der Waals surface area contributed by atoms with Crippen molar-refractivity contribution in [1.29, 1.82) is 0 Å². The van der Waals surface area contributed by atoms with Gasteiger partial charge in [0.1, 0.15) is 5.82 Å². The zero-order valence-electron chi connectivity index (χ0n) is 9.71. The number of benzene rings is 1. The molecule has 0 fully saturated rings. The summed E-state index contributed by atoms with van der Waals surface area (Å²) < 4.78 is 15.9. The van der Waals surface area contributed by atoms with Gasteiger partial charge in [-0.05, 0) is 70.3 Å². The Balaban J connectivity index is 3.10. The van der Waals surface area contributed by atoms with Gasteiger partial charge >= 0.3 is 0 Å². The highest BCUT2D eigenvalue weighted by Crippen LogP contribution is 2.27. The molecule has 0 saturated heterocycles. The first-order valence-electron chi connectivity index (χ1n) is 5.01. The molecule has 0 saturated carbocycles. The lowest BCUT2D eigenvalue weighted by Gasteiger charge is -2.19. The van der Waals surface area contributed by atoms with E-state index in [0.29, 0.717) is 14.9 Å². The molecule has 0 aliphatic carbocycles. The standard InChI is InChI=1S/C11H13Br2FN2S/c1-6(2)16(17)11(13)15-10-5-8(12)9(14)4-7(10)3/h4-6,17H,1-3H3/b15-11-. The maximum Gasteiger partial charge on any atom is 0.183 e. The van der Waals surface area contributed by atoms with E-state index in [-0.39, 0.29) is 11.9 Å². The lowest BCUT2D eigenvalue weighted by Crippen LogP contribution is -2.23. The van der Waals surface area contributed by atoms with E-state index in [2.05, 4.69) is 49.7 Å². The van der Waals surface area contributed by atoms with Gasteiger partial charge in [-0.3, -0.25) is 4.31 Å². The average molecular weight is 384 g/mol. The number of hydrogen-bond acceptors (Lipinski definition) is 2. The highest BCUT2D eigenvalue weighted by molar-refractivity contribution is 9.18. The molecule has 0 atom stereocenters. The van der Waals surface area contributed by atoms with Gasteiger partial charge in [0.25, 0.3) is 0 Å². The molecule has 6 heteroatoms. The van der Waals surface area contributed by atoms with Crippen molar-refractivity contribution in [1.82, 2.24) is 4.31 Å². The van der Waals surface area contributed by atoms with Crippen LogP contribution in [-0.4, -0.2) is 15.1 Å². The second-order valence-corrected chi connectivity index (χ2v) is 5.87. The van der Waals surface area contributed by atoms with Gasteiger partial charge in [0.05, 0.1) is 10.2 Å². The Morgan fingerprint density at radius 3 is 2.59 bits per heavy atom. The van der Waals surface area contributed by atoms with Gasteiger partial charge in [0.2, 0.25) is 0 Å². The Morgan fingerprint density at radius 1 is 1.47 bits per heavy atom. The third-order valence-corrected chi connectivity index (χ3v) is 4.22. The van der Waals surface area contributed by atoms with E-state index in [1.54, 1.807) is 10.4 Å². The van der Waals surface area contributed by atoms with Gasteiger partial charge in [-0.1, -0.05) is 12.8 Å². The summed E-state index contributed by atoms with van der Waals surface area (Å²) in [7, 11) is 0. The minimum Gasteiger partial charge on any atom is -0.295 e. The first-order valence-corrected chi connectivity index (χ1v) is 6.99. The molecule has 17 heavy (non-hydrogen) atoms. The number of halogens is 3. The Morgan fingerprint density at radius 2 is 2.06 bits per heavy atom. The molecule has 0 radical (unpaired) electrons. The van der Waals surface area contributed by atoms with E-state index in [1.807, 2.05) is 20.8 Å². The van der Waals surface area contributed by atoms with Crippen molar-refractivity contribution in [2.24, 2.45) is 4.99 Å². The summed E-state index contributed by atoms with van der Waals surface area (Å²) in [4.78, 5) is 4.37. The third-order valence-electron chi connectivity index (χ3n) is 2.13. The summed E-state index contributed by atoms with van der Waals surface area (Å²) >= 11 is 10.8. The van der Waals surface area contributed by atoms with Crippen molar-refractivity contribution < 1.29 is 4.39 Å². The van der Waals surface area contributed by atoms with Crippen LogP contribution in [0.2, 0.25) is 0 Å². The van der Waals surface area contributed by atoms with E-state index < -0.39 is 0 Å². The highest BCUT2D eigenvalue weighted by Gasteiger charge is 2.10. The van der Waals surface area contributed by atoms with Crippen LogP contribution in [0.1, 0.15) is 19.4 Å². The lowest BCUT2D eigenvalue weighted by atomic mass is 10.2. The Bertz CT molecular complexity index is 449. The molecular formula is C11H13Br2FN2S. The van der Waals surface area contributed by atoms with E-state index in [0.717, 1.165) is 5.56 Å². The third kappa shape index (κ3) is 3.96. The van der Waals surface area contributed by atoms with E-state index in [1.165, 1.54) is 6.07 Å². The van der Waals surface area contributed by atoms with E-state index >= 15 is 0 Å². The molecule has 1 aromatic carbocycles.